The number of hydrogen-bond acceptors (Lipinski definition) is 5. The van der Waals surface area contributed by atoms with Gasteiger partial charge in [0.2, 0.25) is 5.91 Å². The Hall–Kier alpha value is -1.66. The van der Waals surface area contributed by atoms with Crippen LogP contribution in [0.2, 0.25) is 0 Å². The molecule has 0 saturated heterocycles. The normalized spacial score (nSPS) is 13.4. The quantitative estimate of drug-likeness (QED) is 0.0323. The minimum Gasteiger partial charge on any atom is -0.462 e. The SMILES string of the molecule is CC/C=C/C/C=C/CCCCCCCC(CC(=O)NC(CO)C(O)CCCCCCCCCCCCCCCC)OC(=O)CCCCCCCCCCCCCCC. The van der Waals surface area contributed by atoms with Crippen LogP contribution in [0, 0.1) is 0 Å². The number of hydrogen-bond donors (Lipinski definition) is 3. The van der Waals surface area contributed by atoms with Crippen LogP contribution >= 0.6 is 0 Å². The van der Waals surface area contributed by atoms with Crippen LogP contribution in [0.4, 0.5) is 0 Å². The number of carbonyl (C=O) groups excluding carboxylic acids is 2. The van der Waals surface area contributed by atoms with E-state index < -0.39 is 18.2 Å². The number of unbranched alkanes of at least 4 members (excludes halogenated alkanes) is 30. The van der Waals surface area contributed by atoms with E-state index in [4.69, 9.17) is 4.74 Å². The fourth-order valence-electron chi connectivity index (χ4n) is 7.94. The van der Waals surface area contributed by atoms with Gasteiger partial charge in [-0.2, -0.15) is 0 Å². The maximum atomic E-state index is 13.2. The second-order valence-electron chi connectivity index (χ2n) is 17.5. The number of aliphatic hydroxyl groups is 2. The molecule has 342 valence electrons. The summed E-state index contributed by atoms with van der Waals surface area (Å²) in [6.45, 7) is 6.39. The van der Waals surface area contributed by atoms with Crippen molar-refractivity contribution in [2.75, 3.05) is 6.61 Å². The molecule has 6 heteroatoms. The smallest absolute Gasteiger partial charge is 0.306 e. The van der Waals surface area contributed by atoms with Crippen molar-refractivity contribution >= 4 is 11.9 Å². The molecule has 3 N–H and O–H groups in total. The second-order valence-corrected chi connectivity index (χ2v) is 17.5. The van der Waals surface area contributed by atoms with E-state index in [0.717, 1.165) is 70.6 Å². The van der Waals surface area contributed by atoms with Gasteiger partial charge in [-0.25, -0.2) is 0 Å². The summed E-state index contributed by atoms with van der Waals surface area (Å²) < 4.78 is 5.92. The standard InChI is InChI=1S/C52H99NO5/c1-4-7-10-13-16-19-22-25-27-29-32-35-38-41-44-50(55)49(47-54)53-51(56)46-48(43-40-37-34-31-28-24-21-18-15-12-9-6-3)58-52(57)45-42-39-36-33-30-26-23-20-17-14-11-8-5-2/h9,12,18,21,48-50,54-55H,4-8,10-11,13-17,19-20,22-47H2,1-3H3,(H,53,56)/b12-9+,21-18+. The number of rotatable bonds is 46. The minimum absolute atomic E-state index is 0.0731. The van der Waals surface area contributed by atoms with Crippen LogP contribution in [-0.4, -0.2) is 46.9 Å². The van der Waals surface area contributed by atoms with Gasteiger partial charge in [0.15, 0.2) is 0 Å². The Bertz CT molecular complexity index is 919. The number of nitrogens with one attached hydrogen (secondary N) is 1. The van der Waals surface area contributed by atoms with Gasteiger partial charge in [-0.05, 0) is 51.4 Å². The highest BCUT2D eigenvalue weighted by Crippen LogP contribution is 2.18. The topological polar surface area (TPSA) is 95.9 Å². The van der Waals surface area contributed by atoms with Gasteiger partial charge in [0, 0.05) is 6.42 Å². The zero-order valence-electron chi connectivity index (χ0n) is 38.9. The Balaban J connectivity index is 4.53. The molecule has 0 heterocycles. The van der Waals surface area contributed by atoms with Crippen molar-refractivity contribution in [2.45, 2.75) is 289 Å². The summed E-state index contributed by atoms with van der Waals surface area (Å²) in [4.78, 5) is 26.1. The first kappa shape index (κ1) is 56.3. The van der Waals surface area contributed by atoms with Crippen LogP contribution in [0.3, 0.4) is 0 Å². The molecule has 0 saturated carbocycles. The summed E-state index contributed by atoms with van der Waals surface area (Å²) in [6.07, 6.45) is 52.4. The molecule has 0 aliphatic heterocycles. The van der Waals surface area contributed by atoms with Crippen LogP contribution in [0.15, 0.2) is 24.3 Å². The molecule has 0 aromatic carbocycles. The van der Waals surface area contributed by atoms with Gasteiger partial charge in [-0.1, -0.05) is 231 Å². The predicted octanol–water partition coefficient (Wildman–Crippen LogP) is 15.1. The Morgan fingerprint density at radius 2 is 0.931 bits per heavy atom. The Labute approximate surface area is 361 Å². The number of esters is 1. The van der Waals surface area contributed by atoms with E-state index in [1.807, 2.05) is 0 Å². The van der Waals surface area contributed by atoms with Gasteiger partial charge < -0.3 is 20.3 Å². The van der Waals surface area contributed by atoms with Gasteiger partial charge in [-0.15, -0.1) is 0 Å². The van der Waals surface area contributed by atoms with Crippen LogP contribution in [-0.2, 0) is 14.3 Å². The largest absolute Gasteiger partial charge is 0.462 e. The molecule has 6 nitrogen and oxygen atoms in total. The third-order valence-electron chi connectivity index (χ3n) is 11.8. The number of ether oxygens (including phenoxy) is 1. The van der Waals surface area contributed by atoms with Crippen LogP contribution in [0.5, 0.6) is 0 Å². The average Bonchev–Trinajstić information content (AvgIpc) is 3.22. The van der Waals surface area contributed by atoms with Crippen molar-refractivity contribution < 1.29 is 24.5 Å². The predicted molar refractivity (Wildman–Crippen MR) is 250 cm³/mol. The molecule has 3 atom stereocenters. The first-order valence-electron chi connectivity index (χ1n) is 25.6. The molecule has 0 bridgehead atoms. The molecule has 0 fully saturated rings. The third-order valence-corrected chi connectivity index (χ3v) is 11.8. The van der Waals surface area contributed by atoms with E-state index in [1.165, 1.54) is 154 Å². The van der Waals surface area contributed by atoms with Gasteiger partial charge in [0.1, 0.15) is 6.10 Å². The lowest BCUT2D eigenvalue weighted by molar-refractivity contribution is -0.151. The van der Waals surface area contributed by atoms with Crippen molar-refractivity contribution in [3.63, 3.8) is 0 Å². The molecule has 0 aromatic heterocycles. The number of allylic oxidation sites excluding steroid dienone is 4. The zero-order chi connectivity index (χ0) is 42.4. The third kappa shape index (κ3) is 41.1. The van der Waals surface area contributed by atoms with Gasteiger partial charge in [0.05, 0.1) is 25.2 Å². The van der Waals surface area contributed by atoms with Crippen LogP contribution in [0.25, 0.3) is 0 Å². The number of amides is 1. The van der Waals surface area contributed by atoms with Gasteiger partial charge in [0.25, 0.3) is 0 Å². The summed E-state index contributed by atoms with van der Waals surface area (Å²) >= 11 is 0. The van der Waals surface area contributed by atoms with Crippen molar-refractivity contribution in [1.29, 1.82) is 0 Å². The lowest BCUT2D eigenvalue weighted by Crippen LogP contribution is -2.46. The van der Waals surface area contributed by atoms with E-state index >= 15 is 0 Å². The van der Waals surface area contributed by atoms with Crippen molar-refractivity contribution in [1.82, 2.24) is 5.32 Å². The molecular weight excluding hydrogens is 719 g/mol. The van der Waals surface area contributed by atoms with Gasteiger partial charge >= 0.3 is 5.97 Å². The summed E-state index contributed by atoms with van der Waals surface area (Å²) in [5.74, 6) is -0.476. The van der Waals surface area contributed by atoms with Gasteiger partial charge in [-0.3, -0.25) is 9.59 Å². The summed E-state index contributed by atoms with van der Waals surface area (Å²) in [7, 11) is 0. The molecule has 3 unspecified atom stereocenters. The minimum atomic E-state index is -0.787. The van der Waals surface area contributed by atoms with E-state index in [-0.39, 0.29) is 24.9 Å². The molecule has 1 amide bonds. The summed E-state index contributed by atoms with van der Waals surface area (Å²) in [6, 6.07) is -0.701. The highest BCUT2D eigenvalue weighted by Gasteiger charge is 2.24. The number of carbonyl (C=O) groups is 2. The van der Waals surface area contributed by atoms with Crippen LogP contribution in [0.1, 0.15) is 271 Å². The average molecular weight is 818 g/mol. The van der Waals surface area contributed by atoms with Crippen molar-refractivity contribution in [3.05, 3.63) is 24.3 Å². The lowest BCUT2D eigenvalue weighted by atomic mass is 10.0. The summed E-state index contributed by atoms with van der Waals surface area (Å²) in [5.41, 5.74) is 0. The Morgan fingerprint density at radius 3 is 1.40 bits per heavy atom. The molecule has 0 aliphatic rings. The maximum absolute atomic E-state index is 13.2. The van der Waals surface area contributed by atoms with Crippen molar-refractivity contribution in [3.8, 4) is 0 Å². The summed E-state index contributed by atoms with van der Waals surface area (Å²) in [5, 5.41) is 23.8. The number of aliphatic hydroxyl groups excluding tert-OH is 2. The van der Waals surface area contributed by atoms with Crippen molar-refractivity contribution in [2.24, 2.45) is 0 Å². The Kier molecular flexibility index (Phi) is 45.1. The molecule has 0 aromatic rings. The fourth-order valence-corrected chi connectivity index (χ4v) is 7.94. The molecule has 0 spiro atoms. The molecule has 58 heavy (non-hydrogen) atoms. The first-order chi connectivity index (χ1) is 28.5. The van der Waals surface area contributed by atoms with Crippen LogP contribution < -0.4 is 5.32 Å². The second kappa shape index (κ2) is 46.4. The highest BCUT2D eigenvalue weighted by molar-refractivity contribution is 5.77. The highest BCUT2D eigenvalue weighted by atomic mass is 16.5. The maximum Gasteiger partial charge on any atom is 0.306 e. The van der Waals surface area contributed by atoms with E-state index in [1.54, 1.807) is 0 Å². The fraction of sp³-hybridized carbons (Fsp3) is 0.885. The molecular formula is C52H99NO5. The van der Waals surface area contributed by atoms with E-state index in [9.17, 15) is 19.8 Å². The van der Waals surface area contributed by atoms with E-state index in [0.29, 0.717) is 19.3 Å². The molecule has 0 rings (SSSR count). The molecule has 0 radical (unpaired) electrons. The first-order valence-corrected chi connectivity index (χ1v) is 25.6. The van der Waals surface area contributed by atoms with E-state index in [2.05, 4.69) is 50.4 Å². The molecule has 0 aliphatic carbocycles. The zero-order valence-corrected chi connectivity index (χ0v) is 38.9. The Morgan fingerprint density at radius 1 is 0.517 bits per heavy atom. The monoisotopic (exact) mass is 818 g/mol. The lowest BCUT2D eigenvalue weighted by Gasteiger charge is -2.24.